The molecule has 1 aromatic carbocycles. The second-order valence-corrected chi connectivity index (χ2v) is 9.88. The van der Waals surface area contributed by atoms with Crippen molar-refractivity contribution in [1.82, 2.24) is 24.9 Å². The molecule has 0 radical (unpaired) electrons. The molecule has 4 aromatic rings. The van der Waals surface area contributed by atoms with E-state index in [2.05, 4.69) is 16.4 Å². The van der Waals surface area contributed by atoms with Crippen LogP contribution in [0.1, 0.15) is 60.0 Å². The molecule has 0 aliphatic heterocycles. The lowest BCUT2D eigenvalue weighted by Crippen LogP contribution is -2.42. The molecule has 1 saturated carbocycles. The van der Waals surface area contributed by atoms with Gasteiger partial charge in [0.2, 0.25) is 0 Å². The summed E-state index contributed by atoms with van der Waals surface area (Å²) in [5.41, 5.74) is 5.61. The average Bonchev–Trinajstić information content (AvgIpc) is 3.23. The third-order valence-corrected chi connectivity index (χ3v) is 6.75. The Hall–Kier alpha value is -4.09. The zero-order valence-electron chi connectivity index (χ0n) is 20.6. The number of fused-ring (bicyclic) bond motifs is 1. The van der Waals surface area contributed by atoms with Gasteiger partial charge in [-0.2, -0.15) is 10.4 Å². The van der Waals surface area contributed by atoms with E-state index in [1.165, 1.54) is 0 Å². The number of carbonyl (C=O) groups excluding carboxylic acids is 1. The van der Waals surface area contributed by atoms with Crippen LogP contribution in [0, 0.1) is 25.2 Å². The van der Waals surface area contributed by atoms with Crippen LogP contribution in [0.15, 0.2) is 48.7 Å². The van der Waals surface area contributed by atoms with E-state index < -0.39 is 5.60 Å². The van der Waals surface area contributed by atoms with Gasteiger partial charge < -0.3 is 10.4 Å². The summed E-state index contributed by atoms with van der Waals surface area (Å²) < 4.78 is 1.67. The topological polar surface area (TPSA) is 116 Å². The number of aliphatic hydroxyl groups is 1. The molecule has 2 N–H and O–H groups in total. The number of pyridine rings is 1. The molecule has 8 nitrogen and oxygen atoms in total. The third-order valence-electron chi connectivity index (χ3n) is 6.75. The van der Waals surface area contributed by atoms with E-state index in [1.807, 2.05) is 45.0 Å². The molecular formula is C28H28N6O2. The van der Waals surface area contributed by atoms with Gasteiger partial charge in [0.15, 0.2) is 5.65 Å². The van der Waals surface area contributed by atoms with Crippen LogP contribution in [0.3, 0.4) is 0 Å². The van der Waals surface area contributed by atoms with Crippen LogP contribution >= 0.6 is 0 Å². The Kier molecular flexibility index (Phi) is 6.02. The van der Waals surface area contributed by atoms with Gasteiger partial charge in [-0.05, 0) is 82.3 Å². The van der Waals surface area contributed by atoms with Crippen LogP contribution in [0.2, 0.25) is 0 Å². The highest BCUT2D eigenvalue weighted by Crippen LogP contribution is 2.35. The summed E-state index contributed by atoms with van der Waals surface area (Å²) in [6.07, 6.45) is 4.51. The number of carbonyl (C=O) groups is 1. The predicted molar refractivity (Wildman–Crippen MR) is 136 cm³/mol. The largest absolute Gasteiger partial charge is 0.390 e. The zero-order chi connectivity index (χ0) is 25.4. The number of nitrogens with zero attached hydrogens (tertiary/aromatic N) is 5. The maximum absolute atomic E-state index is 13.1. The first-order valence-electron chi connectivity index (χ1n) is 12.1. The normalized spacial score (nSPS) is 19.7. The van der Waals surface area contributed by atoms with E-state index in [-0.39, 0.29) is 11.9 Å². The van der Waals surface area contributed by atoms with Gasteiger partial charge in [-0.3, -0.25) is 9.78 Å². The second kappa shape index (κ2) is 9.17. The summed E-state index contributed by atoms with van der Waals surface area (Å²) in [4.78, 5) is 22.4. The standard InChI is InChI=1S/C28H28N6O2/c1-17-13-21(14-18(2)30-17)24-25(20-6-4-5-19(15-20)16-29)33-34-12-9-23(32-26(24)34)27(35)31-22-7-10-28(3,36)11-8-22/h4-6,9,12-15,22,36H,7-8,10-11H2,1-3H3,(H,31,35)/t22-,28-. The number of aromatic nitrogens is 4. The summed E-state index contributed by atoms with van der Waals surface area (Å²) in [6, 6.07) is 15.1. The first-order chi connectivity index (χ1) is 17.2. The number of rotatable bonds is 4. The Morgan fingerprint density at radius 1 is 1.11 bits per heavy atom. The lowest BCUT2D eigenvalue weighted by molar-refractivity contribution is 0.0140. The SMILES string of the molecule is Cc1cc(-c2c(-c3cccc(C#N)c3)nn3ccc(C(=O)N[C@H]4CC[C@](C)(O)CC4)nc23)cc(C)n1. The fourth-order valence-corrected chi connectivity index (χ4v) is 4.88. The predicted octanol–water partition coefficient (Wildman–Crippen LogP) is 4.37. The van der Waals surface area contributed by atoms with Crippen LogP contribution in [0.4, 0.5) is 0 Å². The van der Waals surface area contributed by atoms with Crippen LogP contribution in [-0.4, -0.2) is 42.2 Å². The molecule has 0 spiro atoms. The molecule has 0 unspecified atom stereocenters. The molecule has 1 aliphatic carbocycles. The van der Waals surface area contributed by atoms with Crippen LogP contribution in [0.25, 0.3) is 28.0 Å². The van der Waals surface area contributed by atoms with Gasteiger partial charge in [-0.15, -0.1) is 0 Å². The van der Waals surface area contributed by atoms with E-state index in [9.17, 15) is 15.2 Å². The van der Waals surface area contributed by atoms with E-state index in [0.717, 1.165) is 40.9 Å². The molecular weight excluding hydrogens is 452 g/mol. The maximum atomic E-state index is 13.1. The molecule has 0 saturated heterocycles. The number of amides is 1. The summed E-state index contributed by atoms with van der Waals surface area (Å²) >= 11 is 0. The molecule has 3 heterocycles. The monoisotopic (exact) mass is 480 g/mol. The third kappa shape index (κ3) is 4.70. The second-order valence-electron chi connectivity index (χ2n) is 9.88. The number of aryl methyl sites for hydroxylation is 2. The van der Waals surface area contributed by atoms with Gasteiger partial charge in [-0.1, -0.05) is 12.1 Å². The van der Waals surface area contributed by atoms with Crippen LogP contribution < -0.4 is 5.32 Å². The van der Waals surface area contributed by atoms with Crippen molar-refractivity contribution in [2.75, 3.05) is 0 Å². The number of benzene rings is 1. The molecule has 1 amide bonds. The van der Waals surface area contributed by atoms with Crippen molar-refractivity contribution in [3.8, 4) is 28.5 Å². The van der Waals surface area contributed by atoms with E-state index in [4.69, 9.17) is 10.1 Å². The molecule has 5 rings (SSSR count). The van der Waals surface area contributed by atoms with Crippen molar-refractivity contribution in [2.45, 2.75) is 58.1 Å². The number of nitriles is 1. The lowest BCUT2D eigenvalue weighted by Gasteiger charge is -2.33. The van der Waals surface area contributed by atoms with Crippen molar-refractivity contribution in [3.05, 3.63) is 71.3 Å². The van der Waals surface area contributed by atoms with Gasteiger partial charge in [0.1, 0.15) is 11.4 Å². The zero-order valence-corrected chi connectivity index (χ0v) is 20.6. The van der Waals surface area contributed by atoms with Crippen LogP contribution in [0.5, 0.6) is 0 Å². The van der Waals surface area contributed by atoms with Crippen LogP contribution in [-0.2, 0) is 0 Å². The van der Waals surface area contributed by atoms with E-state index in [0.29, 0.717) is 35.4 Å². The smallest absolute Gasteiger partial charge is 0.270 e. The van der Waals surface area contributed by atoms with Crippen molar-refractivity contribution >= 4 is 11.6 Å². The first kappa shape index (κ1) is 23.6. The van der Waals surface area contributed by atoms with Crippen molar-refractivity contribution in [2.24, 2.45) is 0 Å². The lowest BCUT2D eigenvalue weighted by atomic mass is 9.83. The number of nitrogens with one attached hydrogen (secondary N) is 1. The molecule has 1 fully saturated rings. The van der Waals surface area contributed by atoms with Gasteiger partial charge >= 0.3 is 0 Å². The highest BCUT2D eigenvalue weighted by molar-refractivity contribution is 5.95. The average molecular weight is 481 g/mol. The molecule has 1 aliphatic rings. The molecule has 182 valence electrons. The molecule has 8 heteroatoms. The van der Waals surface area contributed by atoms with E-state index >= 15 is 0 Å². The summed E-state index contributed by atoms with van der Waals surface area (Å²) in [5, 5.41) is 27.5. The van der Waals surface area contributed by atoms with Gasteiger partial charge in [0.25, 0.3) is 5.91 Å². The highest BCUT2D eigenvalue weighted by atomic mass is 16.3. The fraction of sp³-hybridized carbons (Fsp3) is 0.321. The Morgan fingerprint density at radius 3 is 2.53 bits per heavy atom. The van der Waals surface area contributed by atoms with Crippen molar-refractivity contribution in [3.63, 3.8) is 0 Å². The van der Waals surface area contributed by atoms with Gasteiger partial charge in [0.05, 0.1) is 22.8 Å². The Bertz CT molecular complexity index is 1480. The molecule has 0 atom stereocenters. The van der Waals surface area contributed by atoms with Gasteiger partial charge in [-0.25, -0.2) is 9.50 Å². The number of hydrogen-bond donors (Lipinski definition) is 2. The summed E-state index contributed by atoms with van der Waals surface area (Å²) in [6.45, 7) is 5.71. The maximum Gasteiger partial charge on any atom is 0.270 e. The number of hydrogen-bond acceptors (Lipinski definition) is 6. The summed E-state index contributed by atoms with van der Waals surface area (Å²) in [5.74, 6) is -0.244. The molecule has 3 aromatic heterocycles. The highest BCUT2D eigenvalue weighted by Gasteiger charge is 2.30. The minimum Gasteiger partial charge on any atom is -0.390 e. The first-order valence-corrected chi connectivity index (χ1v) is 12.1. The van der Waals surface area contributed by atoms with Crippen molar-refractivity contribution < 1.29 is 9.90 Å². The molecule has 0 bridgehead atoms. The minimum absolute atomic E-state index is 0.00918. The quantitative estimate of drug-likeness (QED) is 0.448. The Balaban J connectivity index is 1.59. The Morgan fingerprint density at radius 2 is 1.83 bits per heavy atom. The van der Waals surface area contributed by atoms with Crippen molar-refractivity contribution in [1.29, 1.82) is 5.26 Å². The van der Waals surface area contributed by atoms with E-state index in [1.54, 1.807) is 28.9 Å². The summed E-state index contributed by atoms with van der Waals surface area (Å²) in [7, 11) is 0. The fourth-order valence-electron chi connectivity index (χ4n) is 4.88. The van der Waals surface area contributed by atoms with Gasteiger partial charge in [0, 0.05) is 29.2 Å². The molecule has 36 heavy (non-hydrogen) atoms. The Labute approximate surface area is 209 Å². The minimum atomic E-state index is -0.662.